The number of hydrogen-bond donors (Lipinski definition) is 10. The number of hydrogen-bond acceptors (Lipinski definition) is 9. The van der Waals surface area contributed by atoms with Gasteiger partial charge in [0.05, 0.1) is 5.84 Å². The molecule has 0 aromatic rings. The van der Waals surface area contributed by atoms with Gasteiger partial charge in [-0.25, -0.2) is 0 Å². The third-order valence-corrected chi connectivity index (χ3v) is 11.0. The van der Waals surface area contributed by atoms with Gasteiger partial charge in [0.25, 0.3) is 11.8 Å². The Balaban J connectivity index is 5.37. The molecule has 10 N–H and O–H groups in total. The van der Waals surface area contributed by atoms with Gasteiger partial charge in [-0.05, 0) is 89.9 Å². The molecule has 0 aliphatic heterocycles. The minimum Gasteiger partial charge on any atom is -0.387 e. The second-order valence-corrected chi connectivity index (χ2v) is 20.3. The standard InChI is InChI=1S/C41H82N6O6/c1-18-26(4)31(42)37(9,10)23-38(11,12)34(43)44-24-35(5,6)21-39(13,14)46-32(52)29(50)27(48)28(49)30(51)33(53)47-40(15,16)22-36(7,8)25-45-41(17,19-2)20-3/h26-30,42,45,48-51H,18-25H2,1-17H3,(H2,43,44)(H,46,52)(H,47,53)/t26?,27?,28-,29?,30+/m1/s1. The fraction of sp³-hybridized carbons (Fsp3) is 0.902. The van der Waals surface area contributed by atoms with E-state index < -0.39 is 58.1 Å². The number of aliphatic hydroxyl groups excluding tert-OH is 4. The molecule has 0 saturated carbocycles. The van der Waals surface area contributed by atoms with E-state index in [1.807, 2.05) is 41.5 Å². The van der Waals surface area contributed by atoms with Crippen LogP contribution in [-0.4, -0.2) is 97.9 Å². The van der Waals surface area contributed by atoms with Crippen molar-refractivity contribution in [2.75, 3.05) is 13.1 Å². The van der Waals surface area contributed by atoms with Gasteiger partial charge >= 0.3 is 0 Å². The predicted octanol–water partition coefficient (Wildman–Crippen LogP) is 5.30. The molecule has 5 atom stereocenters. The van der Waals surface area contributed by atoms with Crippen LogP contribution in [0.4, 0.5) is 0 Å². The number of rotatable bonds is 24. The summed E-state index contributed by atoms with van der Waals surface area (Å²) in [6.45, 7) is 35.2. The lowest BCUT2D eigenvalue weighted by molar-refractivity contribution is -0.157. The second kappa shape index (κ2) is 19.2. The maximum atomic E-state index is 13.1. The topological polar surface area (TPSA) is 211 Å². The molecule has 53 heavy (non-hydrogen) atoms. The molecule has 12 heteroatoms. The Morgan fingerprint density at radius 1 is 0.604 bits per heavy atom. The molecule has 12 nitrogen and oxygen atoms in total. The predicted molar refractivity (Wildman–Crippen MR) is 217 cm³/mol. The van der Waals surface area contributed by atoms with Crippen molar-refractivity contribution in [2.24, 2.45) is 27.6 Å². The highest BCUT2D eigenvalue weighted by Gasteiger charge is 2.42. The van der Waals surface area contributed by atoms with Crippen molar-refractivity contribution in [3.63, 3.8) is 0 Å². The average molecular weight is 755 g/mol. The van der Waals surface area contributed by atoms with Gasteiger partial charge in [-0.1, -0.05) is 83.1 Å². The summed E-state index contributed by atoms with van der Waals surface area (Å²) in [6, 6.07) is 0. The van der Waals surface area contributed by atoms with Crippen molar-refractivity contribution in [2.45, 2.75) is 197 Å². The van der Waals surface area contributed by atoms with Crippen LogP contribution < -0.4 is 21.3 Å². The molecular formula is C41H82N6O6. The SMILES string of the molecule is CCC(C)C(=N)C(C)(C)CC(C)(C)C(=N)NCC(C)(C)CC(C)(C)NC(=O)C(O)C(O)[C@@H](O)[C@H](O)C(=O)NC(C)(C)CC(C)(C)CNC(C)(CC)CC. The number of amidine groups is 1. The molecular weight excluding hydrogens is 672 g/mol. The summed E-state index contributed by atoms with van der Waals surface area (Å²) in [7, 11) is 0. The maximum absolute atomic E-state index is 13.1. The number of carbonyl (C=O) groups is 2. The molecule has 3 unspecified atom stereocenters. The minimum absolute atomic E-state index is 0.00305. The molecule has 0 rings (SSSR count). The van der Waals surface area contributed by atoms with E-state index in [0.717, 1.165) is 19.3 Å². The Kier molecular flexibility index (Phi) is 18.4. The van der Waals surface area contributed by atoms with Gasteiger partial charge in [-0.3, -0.25) is 15.0 Å². The third-order valence-electron chi connectivity index (χ3n) is 11.0. The molecule has 0 bridgehead atoms. The molecule has 0 aromatic heterocycles. The van der Waals surface area contributed by atoms with Crippen LogP contribution in [0, 0.1) is 38.4 Å². The molecule has 2 amide bonds. The van der Waals surface area contributed by atoms with Crippen LogP contribution in [-0.2, 0) is 9.59 Å². The minimum atomic E-state index is -2.14. The Labute approximate surface area is 322 Å². The molecule has 0 radical (unpaired) electrons. The fourth-order valence-electron chi connectivity index (χ4n) is 7.78. The van der Waals surface area contributed by atoms with E-state index in [9.17, 15) is 30.0 Å². The van der Waals surface area contributed by atoms with Gasteiger partial charge in [0, 0.05) is 46.2 Å². The highest BCUT2D eigenvalue weighted by Crippen LogP contribution is 2.38. The Bertz CT molecular complexity index is 1220. The van der Waals surface area contributed by atoms with E-state index >= 15 is 0 Å². The summed E-state index contributed by atoms with van der Waals surface area (Å²) in [4.78, 5) is 26.1. The molecule has 0 aliphatic rings. The summed E-state index contributed by atoms with van der Waals surface area (Å²) < 4.78 is 0. The lowest BCUT2D eigenvalue weighted by atomic mass is 9.69. The number of nitrogens with one attached hydrogen (secondary N) is 6. The number of aliphatic hydroxyl groups is 4. The molecule has 312 valence electrons. The van der Waals surface area contributed by atoms with E-state index in [0.29, 0.717) is 43.9 Å². The summed E-state index contributed by atoms with van der Waals surface area (Å²) in [6.07, 6.45) is -4.06. The van der Waals surface area contributed by atoms with E-state index in [4.69, 9.17) is 10.8 Å². The summed E-state index contributed by atoms with van der Waals surface area (Å²) in [5.41, 5.74) is -2.53. The lowest BCUT2D eigenvalue weighted by Crippen LogP contribution is -2.59. The largest absolute Gasteiger partial charge is 0.387 e. The van der Waals surface area contributed by atoms with Crippen molar-refractivity contribution >= 4 is 23.4 Å². The van der Waals surface area contributed by atoms with Crippen LogP contribution >= 0.6 is 0 Å². The molecule has 0 fully saturated rings. The van der Waals surface area contributed by atoms with Gasteiger partial charge in [-0.15, -0.1) is 0 Å². The van der Waals surface area contributed by atoms with Crippen molar-refractivity contribution in [1.29, 1.82) is 10.8 Å². The Morgan fingerprint density at radius 3 is 1.34 bits per heavy atom. The monoisotopic (exact) mass is 755 g/mol. The van der Waals surface area contributed by atoms with Crippen molar-refractivity contribution in [1.82, 2.24) is 21.3 Å². The zero-order valence-corrected chi connectivity index (χ0v) is 36.6. The van der Waals surface area contributed by atoms with Crippen LogP contribution in [0.3, 0.4) is 0 Å². The van der Waals surface area contributed by atoms with Crippen molar-refractivity contribution in [3.05, 3.63) is 0 Å². The molecule has 0 heterocycles. The Morgan fingerprint density at radius 2 is 0.981 bits per heavy atom. The molecule has 0 aliphatic carbocycles. The van der Waals surface area contributed by atoms with Gasteiger partial charge in [0.2, 0.25) is 0 Å². The maximum Gasteiger partial charge on any atom is 0.252 e. The van der Waals surface area contributed by atoms with Gasteiger partial charge in [-0.2, -0.15) is 0 Å². The normalized spacial score (nSPS) is 16.6. The first kappa shape index (κ1) is 50.9. The van der Waals surface area contributed by atoms with Crippen LogP contribution in [0.25, 0.3) is 0 Å². The van der Waals surface area contributed by atoms with E-state index in [1.54, 1.807) is 13.8 Å². The Hall–Kier alpha value is -2.12. The molecule has 0 saturated heterocycles. The summed E-state index contributed by atoms with van der Waals surface area (Å²) in [5, 5.41) is 72.7. The van der Waals surface area contributed by atoms with E-state index in [1.165, 1.54) is 0 Å². The van der Waals surface area contributed by atoms with Crippen LogP contribution in [0.2, 0.25) is 0 Å². The van der Waals surface area contributed by atoms with E-state index in [-0.39, 0.29) is 22.3 Å². The zero-order chi connectivity index (χ0) is 42.2. The smallest absolute Gasteiger partial charge is 0.252 e. The summed E-state index contributed by atoms with van der Waals surface area (Å²) >= 11 is 0. The first-order valence-electron chi connectivity index (χ1n) is 19.7. The van der Waals surface area contributed by atoms with Crippen LogP contribution in [0.15, 0.2) is 0 Å². The van der Waals surface area contributed by atoms with Gasteiger partial charge in [0.1, 0.15) is 12.2 Å². The first-order chi connectivity index (χ1) is 23.6. The molecule has 0 aromatic carbocycles. The fourth-order valence-corrected chi connectivity index (χ4v) is 7.78. The first-order valence-corrected chi connectivity index (χ1v) is 19.7. The van der Waals surface area contributed by atoms with Crippen molar-refractivity contribution in [3.8, 4) is 0 Å². The quantitative estimate of drug-likeness (QED) is 0.0461. The van der Waals surface area contributed by atoms with Crippen molar-refractivity contribution < 1.29 is 30.0 Å². The zero-order valence-electron chi connectivity index (χ0n) is 36.6. The highest BCUT2D eigenvalue weighted by atomic mass is 16.4. The molecule has 0 spiro atoms. The third kappa shape index (κ3) is 16.6. The van der Waals surface area contributed by atoms with Gasteiger partial charge < -0.3 is 47.1 Å². The average Bonchev–Trinajstić information content (AvgIpc) is 3.01. The van der Waals surface area contributed by atoms with Gasteiger partial charge in [0.15, 0.2) is 12.2 Å². The second-order valence-electron chi connectivity index (χ2n) is 20.3. The number of carbonyl (C=O) groups excluding carboxylic acids is 2. The highest BCUT2D eigenvalue weighted by molar-refractivity contribution is 5.90. The number of amides is 2. The van der Waals surface area contributed by atoms with Crippen LogP contribution in [0.1, 0.15) is 156 Å². The van der Waals surface area contributed by atoms with Crippen LogP contribution in [0.5, 0.6) is 0 Å². The lowest BCUT2D eigenvalue weighted by Gasteiger charge is -2.40. The summed E-state index contributed by atoms with van der Waals surface area (Å²) in [5.74, 6) is -1.35. The van der Waals surface area contributed by atoms with E-state index in [2.05, 4.69) is 83.6 Å².